The van der Waals surface area contributed by atoms with Gasteiger partial charge in [-0.25, -0.2) is 0 Å². The fourth-order valence-corrected chi connectivity index (χ4v) is 1.97. The second-order valence-electron chi connectivity index (χ2n) is 3.74. The third-order valence-corrected chi connectivity index (χ3v) is 3.07. The minimum absolute atomic E-state index is 0.0925. The van der Waals surface area contributed by atoms with Gasteiger partial charge in [-0.05, 0) is 18.6 Å². The number of nitrogens with zero attached hydrogens (tertiary/aromatic N) is 2. The van der Waals surface area contributed by atoms with E-state index in [0.29, 0.717) is 11.1 Å². The number of benzene rings is 1. The molecule has 18 heavy (non-hydrogen) atoms. The van der Waals surface area contributed by atoms with E-state index >= 15 is 0 Å². The van der Waals surface area contributed by atoms with Gasteiger partial charge in [0.2, 0.25) is 11.8 Å². The van der Waals surface area contributed by atoms with Gasteiger partial charge >= 0.3 is 0 Å². The molecule has 1 aromatic heterocycles. The zero-order valence-electron chi connectivity index (χ0n) is 10.1. The molecule has 1 amide bonds. The van der Waals surface area contributed by atoms with Crippen molar-refractivity contribution in [3.63, 3.8) is 0 Å². The molecule has 0 radical (unpaired) electrons. The van der Waals surface area contributed by atoms with Crippen LogP contribution >= 0.6 is 11.8 Å². The Labute approximate surface area is 109 Å². The van der Waals surface area contributed by atoms with Gasteiger partial charge in [0.05, 0.1) is 5.75 Å². The number of amides is 1. The van der Waals surface area contributed by atoms with E-state index in [4.69, 9.17) is 4.42 Å². The van der Waals surface area contributed by atoms with Crippen molar-refractivity contribution in [2.24, 2.45) is 0 Å². The molecule has 0 saturated carbocycles. The highest BCUT2D eigenvalue weighted by Gasteiger charge is 2.08. The van der Waals surface area contributed by atoms with Crippen molar-refractivity contribution in [3.05, 3.63) is 35.7 Å². The van der Waals surface area contributed by atoms with Crippen molar-refractivity contribution in [2.75, 3.05) is 11.1 Å². The SMILES string of the molecule is Cc1nnc(SCC(=O)Nc2ccccc2C)o1. The molecule has 0 spiro atoms. The van der Waals surface area contributed by atoms with Crippen LogP contribution in [0.3, 0.4) is 0 Å². The van der Waals surface area contributed by atoms with Gasteiger partial charge in [0.25, 0.3) is 5.22 Å². The molecule has 0 saturated heterocycles. The number of anilines is 1. The van der Waals surface area contributed by atoms with Crippen LogP contribution in [0.4, 0.5) is 5.69 Å². The van der Waals surface area contributed by atoms with Crippen LogP contribution in [0.25, 0.3) is 0 Å². The average molecular weight is 263 g/mol. The Morgan fingerprint density at radius 2 is 2.11 bits per heavy atom. The molecule has 0 unspecified atom stereocenters. The first kappa shape index (κ1) is 12.6. The zero-order chi connectivity index (χ0) is 13.0. The number of hydrogen-bond donors (Lipinski definition) is 1. The van der Waals surface area contributed by atoms with Crippen LogP contribution in [-0.2, 0) is 4.79 Å². The summed E-state index contributed by atoms with van der Waals surface area (Å²) in [5.74, 6) is 0.651. The van der Waals surface area contributed by atoms with Gasteiger partial charge in [-0.1, -0.05) is 30.0 Å². The summed E-state index contributed by atoms with van der Waals surface area (Å²) in [5.41, 5.74) is 1.86. The van der Waals surface area contributed by atoms with Gasteiger partial charge < -0.3 is 9.73 Å². The van der Waals surface area contributed by atoms with Crippen molar-refractivity contribution in [2.45, 2.75) is 19.1 Å². The number of aryl methyl sites for hydroxylation is 2. The molecule has 2 rings (SSSR count). The Morgan fingerprint density at radius 3 is 2.78 bits per heavy atom. The Balaban J connectivity index is 1.88. The summed E-state index contributed by atoms with van der Waals surface area (Å²) in [5, 5.41) is 10.7. The van der Waals surface area contributed by atoms with Crippen LogP contribution in [0.1, 0.15) is 11.5 Å². The van der Waals surface area contributed by atoms with Crippen LogP contribution in [0.5, 0.6) is 0 Å². The predicted octanol–water partition coefficient (Wildman–Crippen LogP) is 2.42. The minimum atomic E-state index is -0.0925. The lowest BCUT2D eigenvalue weighted by Gasteiger charge is -2.06. The van der Waals surface area contributed by atoms with E-state index in [1.807, 2.05) is 31.2 Å². The summed E-state index contributed by atoms with van der Waals surface area (Å²) in [6.45, 7) is 3.66. The second-order valence-corrected chi connectivity index (χ2v) is 4.67. The van der Waals surface area contributed by atoms with Gasteiger partial charge in [0, 0.05) is 12.6 Å². The highest BCUT2D eigenvalue weighted by atomic mass is 32.2. The van der Waals surface area contributed by atoms with Crippen LogP contribution in [0.15, 0.2) is 33.9 Å². The van der Waals surface area contributed by atoms with Crippen LogP contribution in [0.2, 0.25) is 0 Å². The first-order valence-corrected chi connectivity index (χ1v) is 6.42. The number of hydrogen-bond acceptors (Lipinski definition) is 5. The topological polar surface area (TPSA) is 68.0 Å². The van der Waals surface area contributed by atoms with E-state index < -0.39 is 0 Å². The first-order valence-electron chi connectivity index (χ1n) is 5.43. The van der Waals surface area contributed by atoms with E-state index in [-0.39, 0.29) is 11.7 Å². The van der Waals surface area contributed by atoms with Crippen LogP contribution in [-0.4, -0.2) is 21.9 Å². The standard InChI is InChI=1S/C12H13N3O2S/c1-8-5-3-4-6-10(8)13-11(16)7-18-12-15-14-9(2)17-12/h3-6H,7H2,1-2H3,(H,13,16). The molecule has 0 aliphatic rings. The van der Waals surface area contributed by atoms with Gasteiger partial charge in [0.1, 0.15) is 0 Å². The van der Waals surface area contributed by atoms with Gasteiger partial charge in [-0.2, -0.15) is 0 Å². The molecular weight excluding hydrogens is 250 g/mol. The fourth-order valence-electron chi connectivity index (χ4n) is 1.36. The molecule has 0 aliphatic carbocycles. The summed E-state index contributed by atoms with van der Waals surface area (Å²) in [6.07, 6.45) is 0. The van der Waals surface area contributed by atoms with E-state index in [1.165, 1.54) is 11.8 Å². The number of rotatable bonds is 4. The smallest absolute Gasteiger partial charge is 0.277 e. The lowest BCUT2D eigenvalue weighted by molar-refractivity contribution is -0.113. The van der Waals surface area contributed by atoms with Crippen molar-refractivity contribution in [1.82, 2.24) is 10.2 Å². The van der Waals surface area contributed by atoms with E-state index in [2.05, 4.69) is 15.5 Å². The molecule has 5 nitrogen and oxygen atoms in total. The average Bonchev–Trinajstić information content (AvgIpc) is 2.76. The van der Waals surface area contributed by atoms with Gasteiger partial charge in [0.15, 0.2) is 0 Å². The van der Waals surface area contributed by atoms with E-state index in [9.17, 15) is 4.79 Å². The van der Waals surface area contributed by atoms with E-state index in [1.54, 1.807) is 6.92 Å². The molecule has 1 aromatic carbocycles. The Bertz CT molecular complexity index is 554. The lowest BCUT2D eigenvalue weighted by Crippen LogP contribution is -2.14. The first-order chi connectivity index (χ1) is 8.65. The number of nitrogens with one attached hydrogen (secondary N) is 1. The third-order valence-electron chi connectivity index (χ3n) is 2.25. The maximum atomic E-state index is 11.7. The van der Waals surface area contributed by atoms with Crippen molar-refractivity contribution >= 4 is 23.4 Å². The molecular formula is C12H13N3O2S. The van der Waals surface area contributed by atoms with Crippen molar-refractivity contribution in [1.29, 1.82) is 0 Å². The number of thioether (sulfide) groups is 1. The highest BCUT2D eigenvalue weighted by molar-refractivity contribution is 7.99. The maximum absolute atomic E-state index is 11.7. The second kappa shape index (κ2) is 5.68. The number of carbonyl (C=O) groups excluding carboxylic acids is 1. The summed E-state index contributed by atoms with van der Waals surface area (Å²) in [6, 6.07) is 7.64. The molecule has 1 N–H and O–H groups in total. The number of carbonyl (C=O) groups is 1. The third kappa shape index (κ3) is 3.33. The monoisotopic (exact) mass is 263 g/mol. The largest absolute Gasteiger partial charge is 0.416 e. The predicted molar refractivity (Wildman–Crippen MR) is 69.6 cm³/mol. The van der Waals surface area contributed by atoms with Crippen LogP contribution in [0, 0.1) is 13.8 Å². The quantitative estimate of drug-likeness (QED) is 0.858. The number of aromatic nitrogens is 2. The van der Waals surface area contributed by atoms with Gasteiger partial charge in [-0.3, -0.25) is 4.79 Å². The molecule has 1 heterocycles. The van der Waals surface area contributed by atoms with Gasteiger partial charge in [-0.15, -0.1) is 10.2 Å². The fraction of sp³-hybridized carbons (Fsp3) is 0.250. The molecule has 94 valence electrons. The lowest BCUT2D eigenvalue weighted by atomic mass is 10.2. The Morgan fingerprint density at radius 1 is 1.33 bits per heavy atom. The van der Waals surface area contributed by atoms with Crippen LogP contribution < -0.4 is 5.32 Å². The molecule has 0 aliphatic heterocycles. The highest BCUT2D eigenvalue weighted by Crippen LogP contribution is 2.17. The normalized spacial score (nSPS) is 10.3. The minimum Gasteiger partial charge on any atom is -0.416 e. The Kier molecular flexibility index (Phi) is 3.99. The summed E-state index contributed by atoms with van der Waals surface area (Å²) < 4.78 is 5.17. The summed E-state index contributed by atoms with van der Waals surface area (Å²) >= 11 is 1.22. The van der Waals surface area contributed by atoms with E-state index in [0.717, 1.165) is 11.3 Å². The van der Waals surface area contributed by atoms with Crippen molar-refractivity contribution in [3.8, 4) is 0 Å². The Hall–Kier alpha value is -1.82. The molecule has 6 heteroatoms. The zero-order valence-corrected chi connectivity index (χ0v) is 11.0. The summed E-state index contributed by atoms with van der Waals surface area (Å²) in [7, 11) is 0. The maximum Gasteiger partial charge on any atom is 0.277 e. The molecule has 0 bridgehead atoms. The molecule has 0 atom stereocenters. The summed E-state index contributed by atoms with van der Waals surface area (Å²) in [4.78, 5) is 11.7. The number of para-hydroxylation sites is 1. The van der Waals surface area contributed by atoms with Crippen molar-refractivity contribution < 1.29 is 9.21 Å². The molecule has 0 fully saturated rings. The molecule has 2 aromatic rings.